The van der Waals surface area contributed by atoms with Gasteiger partial charge in [-0.15, -0.1) is 0 Å². The Hall–Kier alpha value is -2.93. The number of nitrogens with zero attached hydrogens (tertiary/aromatic N) is 3. The first-order valence-electron chi connectivity index (χ1n) is 11.6. The van der Waals surface area contributed by atoms with E-state index in [0.717, 1.165) is 55.7 Å². The van der Waals surface area contributed by atoms with Gasteiger partial charge in [0, 0.05) is 44.8 Å². The van der Waals surface area contributed by atoms with Gasteiger partial charge in [0.1, 0.15) is 11.9 Å². The molecule has 3 heterocycles. The molecule has 1 atom stereocenters. The molecule has 2 N–H and O–H groups in total. The third-order valence-electron chi connectivity index (χ3n) is 6.41. The maximum atomic E-state index is 12.6. The predicted octanol–water partition coefficient (Wildman–Crippen LogP) is 3.12. The van der Waals surface area contributed by atoms with E-state index in [-0.39, 0.29) is 5.91 Å². The van der Waals surface area contributed by atoms with Crippen LogP contribution in [0.3, 0.4) is 0 Å². The summed E-state index contributed by atoms with van der Waals surface area (Å²) in [4.78, 5) is 33.1. The lowest BCUT2D eigenvalue weighted by molar-refractivity contribution is -0.145. The van der Waals surface area contributed by atoms with E-state index in [1.165, 1.54) is 5.56 Å². The van der Waals surface area contributed by atoms with Crippen LogP contribution in [0, 0.1) is 0 Å². The quantitative estimate of drug-likeness (QED) is 0.619. The zero-order chi connectivity index (χ0) is 22.3. The fourth-order valence-corrected chi connectivity index (χ4v) is 4.62. The van der Waals surface area contributed by atoms with Gasteiger partial charge < -0.3 is 15.3 Å². The minimum Gasteiger partial charge on any atom is -0.480 e. The van der Waals surface area contributed by atoms with Gasteiger partial charge in [-0.1, -0.05) is 36.4 Å². The molecular formula is C25H32N4O3. The fraction of sp³-hybridized carbons (Fsp3) is 0.480. The number of hydrogen-bond donors (Lipinski definition) is 2. The van der Waals surface area contributed by atoms with Crippen LogP contribution in [0.25, 0.3) is 0 Å². The Balaban J connectivity index is 1.20. The number of hydrogen-bond acceptors (Lipinski definition) is 5. The molecule has 0 unspecified atom stereocenters. The number of carboxylic acid groups (broad SMARTS) is 1. The third-order valence-corrected chi connectivity index (χ3v) is 6.41. The normalized spacial score (nSPS) is 17.3. The summed E-state index contributed by atoms with van der Waals surface area (Å²) < 4.78 is 0. The highest BCUT2D eigenvalue weighted by Gasteiger charge is 2.31. The van der Waals surface area contributed by atoms with Crippen molar-refractivity contribution in [3.63, 3.8) is 0 Å². The van der Waals surface area contributed by atoms with Crippen molar-refractivity contribution >= 4 is 17.7 Å². The smallest absolute Gasteiger partial charge is 0.325 e. The van der Waals surface area contributed by atoms with Crippen molar-refractivity contribution in [3.05, 3.63) is 59.3 Å². The first kappa shape index (κ1) is 22.3. The Morgan fingerprint density at radius 2 is 1.81 bits per heavy atom. The molecule has 1 amide bonds. The topological polar surface area (TPSA) is 85.8 Å². The predicted molar refractivity (Wildman–Crippen MR) is 124 cm³/mol. The number of carbonyl (C=O) groups excluding carboxylic acids is 1. The molecule has 7 heteroatoms. The fourth-order valence-electron chi connectivity index (χ4n) is 4.62. The number of piperazine rings is 1. The number of fused-ring (bicyclic) bond motifs is 1. The second kappa shape index (κ2) is 10.6. The molecule has 0 spiro atoms. The molecule has 1 fully saturated rings. The van der Waals surface area contributed by atoms with Crippen LogP contribution in [0.4, 0.5) is 5.82 Å². The second-order valence-corrected chi connectivity index (χ2v) is 8.62. The molecule has 1 saturated heterocycles. The van der Waals surface area contributed by atoms with Gasteiger partial charge in [-0.05, 0) is 49.3 Å². The van der Waals surface area contributed by atoms with Gasteiger partial charge in [0.15, 0.2) is 0 Å². The molecule has 1 aromatic heterocycles. The van der Waals surface area contributed by atoms with Crippen LogP contribution in [0.5, 0.6) is 0 Å². The van der Waals surface area contributed by atoms with Crippen molar-refractivity contribution in [1.29, 1.82) is 0 Å². The zero-order valence-electron chi connectivity index (χ0n) is 18.5. The Labute approximate surface area is 189 Å². The van der Waals surface area contributed by atoms with Gasteiger partial charge in [-0.25, -0.2) is 4.98 Å². The Morgan fingerprint density at radius 3 is 2.56 bits per heavy atom. The van der Waals surface area contributed by atoms with E-state index in [2.05, 4.69) is 17.4 Å². The van der Waals surface area contributed by atoms with Gasteiger partial charge in [0.2, 0.25) is 5.91 Å². The monoisotopic (exact) mass is 436 g/mol. The number of carbonyl (C=O) groups is 2. The number of aromatic nitrogens is 1. The van der Waals surface area contributed by atoms with Crippen molar-refractivity contribution in [2.75, 3.05) is 38.0 Å². The SMILES string of the molecule is O=C(O)[C@H](c1ccccc1)N1CCN(C(=O)CCCCc2ccc3c(n2)NCCC3)CC1. The summed E-state index contributed by atoms with van der Waals surface area (Å²) in [5.41, 5.74) is 3.16. The largest absolute Gasteiger partial charge is 0.480 e. The van der Waals surface area contributed by atoms with Crippen molar-refractivity contribution in [2.24, 2.45) is 0 Å². The first-order valence-corrected chi connectivity index (χ1v) is 11.6. The summed E-state index contributed by atoms with van der Waals surface area (Å²) >= 11 is 0. The lowest BCUT2D eigenvalue weighted by Gasteiger charge is -2.38. The van der Waals surface area contributed by atoms with Gasteiger partial charge in [-0.2, -0.15) is 0 Å². The van der Waals surface area contributed by atoms with E-state index in [0.29, 0.717) is 32.6 Å². The number of nitrogens with one attached hydrogen (secondary N) is 1. The summed E-state index contributed by atoms with van der Waals surface area (Å²) in [7, 11) is 0. The molecular weight excluding hydrogens is 404 g/mol. The highest BCUT2D eigenvalue weighted by molar-refractivity contribution is 5.77. The molecule has 0 bridgehead atoms. The van der Waals surface area contributed by atoms with Crippen molar-refractivity contribution in [2.45, 2.75) is 44.6 Å². The molecule has 170 valence electrons. The minimum atomic E-state index is -0.845. The van der Waals surface area contributed by atoms with Crippen LogP contribution < -0.4 is 5.32 Å². The Kier molecular flexibility index (Phi) is 7.37. The van der Waals surface area contributed by atoms with Gasteiger partial charge in [-0.3, -0.25) is 14.5 Å². The summed E-state index contributed by atoms with van der Waals surface area (Å²) in [6.45, 7) is 3.29. The van der Waals surface area contributed by atoms with Crippen LogP contribution in [0.2, 0.25) is 0 Å². The summed E-state index contributed by atoms with van der Waals surface area (Å²) in [5, 5.41) is 13.1. The van der Waals surface area contributed by atoms with E-state index in [9.17, 15) is 14.7 Å². The van der Waals surface area contributed by atoms with E-state index in [4.69, 9.17) is 4.98 Å². The van der Waals surface area contributed by atoms with Gasteiger partial charge in [0.25, 0.3) is 0 Å². The second-order valence-electron chi connectivity index (χ2n) is 8.62. The summed E-state index contributed by atoms with van der Waals surface area (Å²) in [6, 6.07) is 12.9. The maximum Gasteiger partial charge on any atom is 0.325 e. The minimum absolute atomic E-state index is 0.163. The number of benzene rings is 1. The molecule has 4 rings (SSSR count). The molecule has 2 aromatic rings. The van der Waals surface area contributed by atoms with Crippen LogP contribution in [0.1, 0.15) is 48.5 Å². The van der Waals surface area contributed by atoms with E-state index >= 15 is 0 Å². The Bertz CT molecular complexity index is 926. The zero-order valence-corrected chi connectivity index (χ0v) is 18.5. The standard InChI is InChI=1S/C25H32N4O3/c30-22(11-5-4-10-21-13-12-20-9-6-14-26-24(20)27-21)28-15-17-29(18-16-28)23(25(31)32)19-7-2-1-3-8-19/h1-3,7-8,12-13,23H,4-6,9-11,14-18H2,(H,26,27)(H,31,32)/t23-/m0/s1. The highest BCUT2D eigenvalue weighted by Crippen LogP contribution is 2.23. The maximum absolute atomic E-state index is 12.6. The molecule has 0 radical (unpaired) electrons. The summed E-state index contributed by atoms with van der Waals surface area (Å²) in [5.74, 6) is 0.344. The molecule has 0 aliphatic carbocycles. The van der Waals surface area contributed by atoms with E-state index < -0.39 is 12.0 Å². The number of anilines is 1. The molecule has 32 heavy (non-hydrogen) atoms. The number of aryl methyl sites for hydroxylation is 2. The average molecular weight is 437 g/mol. The first-order chi connectivity index (χ1) is 15.6. The van der Waals surface area contributed by atoms with Crippen molar-refractivity contribution in [3.8, 4) is 0 Å². The number of unbranched alkanes of at least 4 members (excludes halogenated alkanes) is 1. The summed E-state index contributed by atoms with van der Waals surface area (Å²) in [6.07, 6.45) is 5.45. The molecule has 2 aliphatic heterocycles. The molecule has 7 nitrogen and oxygen atoms in total. The van der Waals surface area contributed by atoms with E-state index in [1.807, 2.05) is 40.1 Å². The number of pyridine rings is 1. The van der Waals surface area contributed by atoms with Gasteiger partial charge >= 0.3 is 5.97 Å². The average Bonchev–Trinajstić information content (AvgIpc) is 2.82. The molecule has 1 aromatic carbocycles. The number of amides is 1. The highest BCUT2D eigenvalue weighted by atomic mass is 16.4. The van der Waals surface area contributed by atoms with Crippen molar-refractivity contribution < 1.29 is 14.7 Å². The van der Waals surface area contributed by atoms with Crippen molar-refractivity contribution in [1.82, 2.24) is 14.8 Å². The molecule has 2 aliphatic rings. The molecule has 0 saturated carbocycles. The number of rotatable bonds is 8. The lowest BCUT2D eigenvalue weighted by atomic mass is 10.0. The van der Waals surface area contributed by atoms with Crippen LogP contribution >= 0.6 is 0 Å². The van der Waals surface area contributed by atoms with E-state index in [1.54, 1.807) is 0 Å². The Morgan fingerprint density at radius 1 is 1.03 bits per heavy atom. The van der Waals surface area contributed by atoms with Gasteiger partial charge in [0.05, 0.1) is 0 Å². The van der Waals surface area contributed by atoms with Crippen LogP contribution in [0.15, 0.2) is 42.5 Å². The number of aliphatic carboxylic acids is 1. The lowest BCUT2D eigenvalue weighted by Crippen LogP contribution is -2.51. The third kappa shape index (κ3) is 5.46. The van der Waals surface area contributed by atoms with Crippen LogP contribution in [-0.4, -0.2) is 64.5 Å². The number of carboxylic acids is 1. The van der Waals surface area contributed by atoms with Crippen LogP contribution in [-0.2, 0) is 22.4 Å².